The molecule has 0 spiro atoms. The van der Waals surface area contributed by atoms with Crippen LogP contribution in [-0.2, 0) is 0 Å². The zero-order valence-corrected chi connectivity index (χ0v) is 7.67. The maximum atomic E-state index is 12.6. The third-order valence-electron chi connectivity index (χ3n) is 3.14. The highest BCUT2D eigenvalue weighted by Gasteiger charge is 2.38. The van der Waals surface area contributed by atoms with Crippen molar-refractivity contribution < 1.29 is 4.39 Å². The fourth-order valence-corrected chi connectivity index (χ4v) is 2.36. The summed E-state index contributed by atoms with van der Waals surface area (Å²) in [7, 11) is 0. The van der Waals surface area contributed by atoms with Gasteiger partial charge in [-0.3, -0.25) is 4.39 Å². The van der Waals surface area contributed by atoms with E-state index in [4.69, 9.17) is 5.73 Å². The quantitative estimate of drug-likeness (QED) is 0.647. The van der Waals surface area contributed by atoms with E-state index in [1.165, 1.54) is 0 Å². The van der Waals surface area contributed by atoms with Crippen LogP contribution in [0.2, 0.25) is 0 Å². The molecule has 4 unspecified atom stereocenters. The molecule has 1 saturated carbocycles. The van der Waals surface area contributed by atoms with Gasteiger partial charge in [-0.05, 0) is 24.2 Å². The van der Waals surface area contributed by atoms with E-state index >= 15 is 0 Å². The first-order valence-corrected chi connectivity index (χ1v) is 4.68. The molecule has 70 valence electrons. The van der Waals surface area contributed by atoms with Gasteiger partial charge in [-0.15, -0.1) is 6.58 Å². The Balaban J connectivity index is 2.67. The van der Waals surface area contributed by atoms with Crippen molar-refractivity contribution in [1.82, 2.24) is 0 Å². The molecule has 2 heteroatoms. The Morgan fingerprint density at radius 3 is 2.75 bits per heavy atom. The Labute approximate surface area is 73.8 Å². The number of hydrogen-bond acceptors (Lipinski definition) is 1. The molecule has 0 heterocycles. The summed E-state index contributed by atoms with van der Waals surface area (Å²) in [5, 5.41) is 0. The van der Waals surface area contributed by atoms with Crippen molar-refractivity contribution >= 4 is 0 Å². The average molecular weight is 171 g/mol. The van der Waals surface area contributed by atoms with E-state index in [1.807, 2.05) is 6.08 Å². The van der Waals surface area contributed by atoms with Crippen molar-refractivity contribution in [2.24, 2.45) is 23.5 Å². The molecule has 0 radical (unpaired) electrons. The van der Waals surface area contributed by atoms with Gasteiger partial charge in [0.1, 0.15) is 0 Å². The fourth-order valence-electron chi connectivity index (χ4n) is 2.36. The lowest BCUT2D eigenvalue weighted by atomic mass is 9.89. The van der Waals surface area contributed by atoms with Gasteiger partial charge >= 0.3 is 0 Å². The van der Waals surface area contributed by atoms with E-state index < -0.39 is 0 Å². The molecule has 0 bridgehead atoms. The van der Waals surface area contributed by atoms with Crippen LogP contribution in [-0.4, -0.2) is 12.7 Å². The van der Waals surface area contributed by atoms with Crippen LogP contribution < -0.4 is 5.73 Å². The monoisotopic (exact) mass is 171 g/mol. The minimum Gasteiger partial charge on any atom is -0.327 e. The van der Waals surface area contributed by atoms with Gasteiger partial charge in [-0.1, -0.05) is 19.4 Å². The minimum atomic E-state index is -0.247. The summed E-state index contributed by atoms with van der Waals surface area (Å²) < 4.78 is 12.6. The van der Waals surface area contributed by atoms with E-state index in [1.54, 1.807) is 0 Å². The zero-order valence-electron chi connectivity index (χ0n) is 7.67. The minimum absolute atomic E-state index is 0.127. The molecule has 0 aromatic carbocycles. The van der Waals surface area contributed by atoms with Crippen molar-refractivity contribution in [3.8, 4) is 0 Å². The molecule has 12 heavy (non-hydrogen) atoms. The van der Waals surface area contributed by atoms with E-state index in [9.17, 15) is 4.39 Å². The largest absolute Gasteiger partial charge is 0.327 e. The summed E-state index contributed by atoms with van der Waals surface area (Å²) in [5.41, 5.74) is 5.88. The molecule has 2 N–H and O–H groups in total. The highest BCUT2D eigenvalue weighted by Crippen LogP contribution is 2.38. The van der Waals surface area contributed by atoms with Crippen LogP contribution in [0.15, 0.2) is 12.7 Å². The van der Waals surface area contributed by atoms with Crippen molar-refractivity contribution in [3.63, 3.8) is 0 Å². The Hall–Kier alpha value is -0.370. The highest BCUT2D eigenvalue weighted by molar-refractivity contribution is 5.00. The molecule has 0 aliphatic heterocycles. The van der Waals surface area contributed by atoms with Gasteiger partial charge in [-0.25, -0.2) is 0 Å². The molecule has 0 aromatic rings. The van der Waals surface area contributed by atoms with Crippen LogP contribution in [0.1, 0.15) is 19.8 Å². The second-order valence-electron chi connectivity index (χ2n) is 3.70. The standard InChI is InChI=1S/C10H18FN/c1-3-7-5-10(12)8(4-2)9(7)6-11/h4,7-10H,2-3,5-6,12H2,1H3. The smallest absolute Gasteiger partial charge is 0.0931 e. The highest BCUT2D eigenvalue weighted by atomic mass is 19.1. The molecule has 1 aliphatic rings. The summed E-state index contributed by atoms with van der Waals surface area (Å²) in [4.78, 5) is 0. The van der Waals surface area contributed by atoms with Gasteiger partial charge in [0, 0.05) is 6.04 Å². The number of halogens is 1. The Morgan fingerprint density at radius 1 is 1.67 bits per heavy atom. The van der Waals surface area contributed by atoms with Gasteiger partial charge in [0.05, 0.1) is 6.67 Å². The van der Waals surface area contributed by atoms with Gasteiger partial charge in [0.2, 0.25) is 0 Å². The lowest BCUT2D eigenvalue weighted by molar-refractivity contribution is 0.257. The van der Waals surface area contributed by atoms with Crippen LogP contribution >= 0.6 is 0 Å². The lowest BCUT2D eigenvalue weighted by Gasteiger charge is -2.18. The Bertz CT molecular complexity index is 158. The Morgan fingerprint density at radius 2 is 2.33 bits per heavy atom. The maximum Gasteiger partial charge on any atom is 0.0931 e. The molecule has 0 amide bonds. The van der Waals surface area contributed by atoms with Crippen molar-refractivity contribution in [2.75, 3.05) is 6.67 Å². The van der Waals surface area contributed by atoms with Gasteiger partial charge in [0.25, 0.3) is 0 Å². The predicted octanol–water partition coefficient (Wildman–Crippen LogP) is 2.13. The van der Waals surface area contributed by atoms with Crippen molar-refractivity contribution in [1.29, 1.82) is 0 Å². The van der Waals surface area contributed by atoms with Gasteiger partial charge in [0.15, 0.2) is 0 Å². The van der Waals surface area contributed by atoms with E-state index in [0.717, 1.165) is 12.8 Å². The summed E-state index contributed by atoms with van der Waals surface area (Å²) in [6.45, 7) is 5.57. The van der Waals surface area contributed by atoms with Gasteiger partial charge < -0.3 is 5.73 Å². The second-order valence-corrected chi connectivity index (χ2v) is 3.70. The lowest BCUT2D eigenvalue weighted by Crippen LogP contribution is -2.26. The molecule has 1 fully saturated rings. The molecule has 0 aromatic heterocycles. The number of nitrogens with two attached hydrogens (primary N) is 1. The number of rotatable bonds is 3. The molecular weight excluding hydrogens is 153 g/mol. The molecule has 1 rings (SSSR count). The van der Waals surface area contributed by atoms with Crippen molar-refractivity contribution in [2.45, 2.75) is 25.8 Å². The third-order valence-corrected chi connectivity index (χ3v) is 3.14. The number of alkyl halides is 1. The van der Waals surface area contributed by atoms with E-state index in [0.29, 0.717) is 5.92 Å². The normalized spacial score (nSPS) is 41.6. The summed E-state index contributed by atoms with van der Waals surface area (Å²) >= 11 is 0. The summed E-state index contributed by atoms with van der Waals surface area (Å²) in [6, 6.07) is 0.133. The predicted molar refractivity (Wildman–Crippen MR) is 49.5 cm³/mol. The molecule has 4 atom stereocenters. The molecule has 0 saturated heterocycles. The first-order chi connectivity index (χ1) is 5.74. The van der Waals surface area contributed by atoms with Crippen LogP contribution in [0, 0.1) is 17.8 Å². The third kappa shape index (κ3) is 1.53. The zero-order chi connectivity index (χ0) is 9.14. The Kier molecular flexibility index (Phi) is 3.27. The summed E-state index contributed by atoms with van der Waals surface area (Å²) in [5.74, 6) is 0.787. The molecule has 1 aliphatic carbocycles. The van der Waals surface area contributed by atoms with Crippen LogP contribution in [0.3, 0.4) is 0 Å². The summed E-state index contributed by atoms with van der Waals surface area (Å²) in [6.07, 6.45) is 3.82. The average Bonchev–Trinajstić information content (AvgIpc) is 2.40. The molecule has 1 nitrogen and oxygen atoms in total. The topological polar surface area (TPSA) is 26.0 Å². The maximum absolute atomic E-state index is 12.6. The van der Waals surface area contributed by atoms with Crippen LogP contribution in [0.5, 0.6) is 0 Å². The van der Waals surface area contributed by atoms with Crippen LogP contribution in [0.4, 0.5) is 4.39 Å². The second kappa shape index (κ2) is 4.04. The number of hydrogen-bond donors (Lipinski definition) is 1. The van der Waals surface area contributed by atoms with Crippen LogP contribution in [0.25, 0.3) is 0 Å². The van der Waals surface area contributed by atoms with Gasteiger partial charge in [-0.2, -0.15) is 0 Å². The SMILES string of the molecule is C=CC1C(N)CC(CC)C1CF. The fraction of sp³-hybridized carbons (Fsp3) is 0.800. The first-order valence-electron chi connectivity index (χ1n) is 4.68. The first kappa shape index (κ1) is 9.72. The molecular formula is C10H18FN. The van der Waals surface area contributed by atoms with E-state index in [-0.39, 0.29) is 24.6 Å². The van der Waals surface area contributed by atoms with E-state index in [2.05, 4.69) is 13.5 Å². The van der Waals surface area contributed by atoms with Crippen molar-refractivity contribution in [3.05, 3.63) is 12.7 Å².